The second-order valence-corrected chi connectivity index (χ2v) is 35.4. The maximum Gasteiger partial charge on any atom is 0.472 e. The second-order valence-electron chi connectivity index (χ2n) is 32.5. The molecule has 0 bridgehead atoms. The van der Waals surface area contributed by atoms with Crippen LogP contribution in [0.15, 0.2) is 0 Å². The van der Waals surface area contributed by atoms with Crippen molar-refractivity contribution in [2.75, 3.05) is 39.6 Å². The molecule has 0 heterocycles. The van der Waals surface area contributed by atoms with E-state index in [1.165, 1.54) is 308 Å². The van der Waals surface area contributed by atoms with E-state index in [1.807, 2.05) is 0 Å². The number of hydrogen-bond acceptors (Lipinski definition) is 15. The number of aliphatic hydroxyl groups excluding tert-OH is 1. The highest BCUT2D eigenvalue weighted by Gasteiger charge is 2.30. The van der Waals surface area contributed by atoms with Crippen LogP contribution in [0.1, 0.15) is 484 Å². The lowest BCUT2D eigenvalue weighted by Gasteiger charge is -2.21. The third kappa shape index (κ3) is 82.1. The first-order valence-electron chi connectivity index (χ1n) is 46.1. The van der Waals surface area contributed by atoms with E-state index in [1.54, 1.807) is 0 Å². The third-order valence-electron chi connectivity index (χ3n) is 21.0. The number of phosphoric ester groups is 2. The number of phosphoric acid groups is 2. The Morgan fingerprint density at radius 2 is 0.426 bits per heavy atom. The van der Waals surface area contributed by atoms with E-state index in [-0.39, 0.29) is 25.7 Å². The van der Waals surface area contributed by atoms with Gasteiger partial charge in [0.2, 0.25) is 0 Å². The van der Waals surface area contributed by atoms with Gasteiger partial charge in [-0.3, -0.25) is 37.3 Å². The van der Waals surface area contributed by atoms with Crippen LogP contribution in [0.4, 0.5) is 0 Å². The van der Waals surface area contributed by atoms with Crippen LogP contribution >= 0.6 is 15.6 Å². The average molecular weight is 1580 g/mol. The first-order chi connectivity index (χ1) is 52.5. The van der Waals surface area contributed by atoms with Gasteiger partial charge in [-0.2, -0.15) is 0 Å². The Labute approximate surface area is 664 Å². The monoisotopic (exact) mass is 1580 g/mol. The smallest absolute Gasteiger partial charge is 0.462 e. The molecule has 108 heavy (non-hydrogen) atoms. The summed E-state index contributed by atoms with van der Waals surface area (Å²) >= 11 is 0. The van der Waals surface area contributed by atoms with Gasteiger partial charge < -0.3 is 33.8 Å². The van der Waals surface area contributed by atoms with E-state index < -0.39 is 97.5 Å². The molecular formula is C89H174O17P2. The Morgan fingerprint density at radius 3 is 0.630 bits per heavy atom. The number of ether oxygens (including phenoxy) is 4. The summed E-state index contributed by atoms with van der Waals surface area (Å²) < 4.78 is 69.0. The fraction of sp³-hybridized carbons (Fsp3) is 0.955. The predicted molar refractivity (Wildman–Crippen MR) is 446 cm³/mol. The molecule has 0 aliphatic heterocycles. The number of carbonyl (C=O) groups excluding carboxylic acids is 4. The second kappa shape index (κ2) is 81.6. The molecule has 0 aliphatic rings. The molecule has 3 N–H and O–H groups in total. The van der Waals surface area contributed by atoms with E-state index in [0.717, 1.165) is 95.8 Å². The summed E-state index contributed by atoms with van der Waals surface area (Å²) in [4.78, 5) is 73.3. The van der Waals surface area contributed by atoms with Gasteiger partial charge in [-0.15, -0.1) is 0 Å². The first kappa shape index (κ1) is 106. The van der Waals surface area contributed by atoms with Gasteiger partial charge in [-0.05, 0) is 31.6 Å². The van der Waals surface area contributed by atoms with Gasteiger partial charge in [-0.25, -0.2) is 9.13 Å². The summed E-state index contributed by atoms with van der Waals surface area (Å²) in [5.41, 5.74) is 0. The van der Waals surface area contributed by atoms with Crippen LogP contribution < -0.4 is 0 Å². The van der Waals surface area contributed by atoms with E-state index in [2.05, 4.69) is 34.6 Å². The van der Waals surface area contributed by atoms with E-state index >= 15 is 0 Å². The largest absolute Gasteiger partial charge is 0.472 e. The molecule has 0 saturated heterocycles. The van der Waals surface area contributed by atoms with Crippen molar-refractivity contribution in [3.63, 3.8) is 0 Å². The van der Waals surface area contributed by atoms with Gasteiger partial charge in [0.15, 0.2) is 12.2 Å². The molecule has 17 nitrogen and oxygen atoms in total. The molecule has 0 fully saturated rings. The van der Waals surface area contributed by atoms with Crippen LogP contribution in [0, 0.1) is 5.92 Å². The van der Waals surface area contributed by atoms with Crippen LogP contribution in [0.25, 0.3) is 0 Å². The van der Waals surface area contributed by atoms with Gasteiger partial charge in [0.1, 0.15) is 19.3 Å². The van der Waals surface area contributed by atoms with Crippen LogP contribution in [0.5, 0.6) is 0 Å². The zero-order valence-corrected chi connectivity index (χ0v) is 72.8. The molecule has 0 amide bonds. The highest BCUT2D eigenvalue weighted by Crippen LogP contribution is 2.45. The number of hydrogen-bond donors (Lipinski definition) is 3. The lowest BCUT2D eigenvalue weighted by atomic mass is 10.0. The van der Waals surface area contributed by atoms with Crippen molar-refractivity contribution in [1.29, 1.82) is 0 Å². The fourth-order valence-corrected chi connectivity index (χ4v) is 15.6. The average Bonchev–Trinajstić information content (AvgIpc) is 0.899. The van der Waals surface area contributed by atoms with Gasteiger partial charge in [0.25, 0.3) is 0 Å². The zero-order chi connectivity index (χ0) is 79.0. The Kier molecular flexibility index (Phi) is 80.2. The minimum Gasteiger partial charge on any atom is -0.462 e. The SMILES string of the molecule is CCCCCCCCCCCCCCCCCCCCCCCCC(=O)O[C@H](COC(=O)CCCCCCCCCCCCCCCCCCCCCC)COP(=O)(O)OC[C@@H](O)COP(=O)(O)OC[C@@H](COC(=O)CCCCCCCCCCCC(C)C)OC(=O)CCCCCCCCCCCCCCCC. The minimum atomic E-state index is -4.97. The summed E-state index contributed by atoms with van der Waals surface area (Å²) in [6, 6.07) is 0. The number of unbranched alkanes of at least 4 members (excludes halogenated alkanes) is 61. The molecule has 0 aromatic heterocycles. The Balaban J connectivity index is 5.23. The number of esters is 4. The van der Waals surface area contributed by atoms with Crippen LogP contribution in [0.3, 0.4) is 0 Å². The molecule has 0 radical (unpaired) electrons. The van der Waals surface area contributed by atoms with Crippen LogP contribution in [0.2, 0.25) is 0 Å². The summed E-state index contributed by atoms with van der Waals surface area (Å²) in [5.74, 6) is -1.35. The predicted octanol–water partition coefficient (Wildman–Crippen LogP) is 27.5. The van der Waals surface area contributed by atoms with Crippen molar-refractivity contribution in [3.8, 4) is 0 Å². The Hall–Kier alpha value is -1.94. The van der Waals surface area contributed by atoms with Crippen molar-refractivity contribution >= 4 is 39.5 Å². The van der Waals surface area contributed by atoms with Crippen molar-refractivity contribution < 1.29 is 80.2 Å². The third-order valence-corrected chi connectivity index (χ3v) is 22.9. The highest BCUT2D eigenvalue weighted by molar-refractivity contribution is 7.47. The maximum atomic E-state index is 13.2. The van der Waals surface area contributed by atoms with Gasteiger partial charge in [-0.1, -0.05) is 433 Å². The van der Waals surface area contributed by atoms with Crippen molar-refractivity contribution in [2.24, 2.45) is 5.92 Å². The molecule has 0 aromatic rings. The van der Waals surface area contributed by atoms with Crippen LogP contribution in [-0.2, 0) is 65.4 Å². The first-order valence-corrected chi connectivity index (χ1v) is 49.1. The molecule has 0 saturated carbocycles. The minimum absolute atomic E-state index is 0.108. The van der Waals surface area contributed by atoms with Crippen molar-refractivity contribution in [1.82, 2.24) is 0 Å². The van der Waals surface area contributed by atoms with Crippen molar-refractivity contribution in [2.45, 2.75) is 502 Å². The molecule has 2 unspecified atom stereocenters. The number of rotatable bonds is 89. The van der Waals surface area contributed by atoms with E-state index in [4.69, 9.17) is 37.0 Å². The summed E-state index contributed by atoms with van der Waals surface area (Å²) in [5, 5.41) is 10.7. The quantitative estimate of drug-likeness (QED) is 0.0222. The molecule has 0 aliphatic carbocycles. The number of aliphatic hydroxyl groups is 1. The van der Waals surface area contributed by atoms with E-state index in [9.17, 15) is 43.2 Å². The van der Waals surface area contributed by atoms with E-state index in [0.29, 0.717) is 25.7 Å². The molecule has 0 spiro atoms. The van der Waals surface area contributed by atoms with Crippen LogP contribution in [-0.4, -0.2) is 96.7 Å². The normalized spacial score (nSPS) is 13.7. The Bertz CT molecular complexity index is 2050. The number of carbonyl (C=O) groups is 4. The molecule has 642 valence electrons. The highest BCUT2D eigenvalue weighted by atomic mass is 31.2. The molecular weight excluding hydrogens is 1400 g/mol. The lowest BCUT2D eigenvalue weighted by molar-refractivity contribution is -0.161. The summed E-state index contributed by atoms with van der Waals surface area (Å²) in [7, 11) is -9.93. The standard InChI is InChI=1S/C89H174O17P2/c1-6-9-12-15-18-21-24-27-30-32-34-36-37-39-41-43-46-49-54-60-65-70-75-89(94)105-84(78-99-86(91)72-67-62-57-52-47-45-42-40-38-35-33-31-28-25-22-19-16-13-10-7-2)80-103-107(95,96)101-76-83(90)77-102-108(97,98)104-81-85(79-100-87(92)73-68-63-58-55-50-51-56-61-66-71-82(4)5)106-88(93)74-69-64-59-53-48-44-29-26-23-20-17-14-11-8-3/h82-85,90H,6-81H2,1-5H3,(H,95,96)(H,97,98)/t83-,84-,85-/m1/s1. The van der Waals surface area contributed by atoms with Gasteiger partial charge in [0, 0.05) is 25.7 Å². The molecule has 19 heteroatoms. The molecule has 0 aromatic carbocycles. The summed E-state index contributed by atoms with van der Waals surface area (Å²) in [6.45, 7) is 7.36. The lowest BCUT2D eigenvalue weighted by Crippen LogP contribution is -2.30. The maximum absolute atomic E-state index is 13.2. The Morgan fingerprint density at radius 1 is 0.250 bits per heavy atom. The van der Waals surface area contributed by atoms with Gasteiger partial charge >= 0.3 is 39.5 Å². The summed E-state index contributed by atoms with van der Waals surface area (Å²) in [6.07, 6.45) is 76.5. The molecule has 5 atom stereocenters. The zero-order valence-electron chi connectivity index (χ0n) is 71.0. The van der Waals surface area contributed by atoms with Gasteiger partial charge in [0.05, 0.1) is 26.4 Å². The van der Waals surface area contributed by atoms with Crippen molar-refractivity contribution in [3.05, 3.63) is 0 Å². The topological polar surface area (TPSA) is 237 Å². The fourth-order valence-electron chi connectivity index (χ4n) is 14.0. The molecule has 0 rings (SSSR count).